The fourth-order valence-electron chi connectivity index (χ4n) is 0.863. The van der Waals surface area contributed by atoms with Crippen LogP contribution in [0.4, 0.5) is 18.0 Å². The van der Waals surface area contributed by atoms with E-state index < -0.39 is 23.7 Å². The summed E-state index contributed by atoms with van der Waals surface area (Å²) in [5.74, 6) is -1.94. The van der Waals surface area contributed by atoms with Crippen LogP contribution in [0.2, 0.25) is 0 Å². The SMILES string of the molecule is CC(C)(C)OC(=O)NCCNC=CC(=O)C(F)(F)F. The van der Waals surface area contributed by atoms with Gasteiger partial charge in [-0.1, -0.05) is 0 Å². The minimum Gasteiger partial charge on any atom is -0.444 e. The van der Waals surface area contributed by atoms with Gasteiger partial charge in [-0.25, -0.2) is 4.79 Å². The van der Waals surface area contributed by atoms with Gasteiger partial charge in [-0.05, 0) is 20.8 Å². The van der Waals surface area contributed by atoms with Gasteiger partial charge in [-0.3, -0.25) is 4.79 Å². The Morgan fingerprint density at radius 2 is 1.74 bits per heavy atom. The van der Waals surface area contributed by atoms with E-state index in [2.05, 4.69) is 10.6 Å². The molecule has 0 aliphatic rings. The van der Waals surface area contributed by atoms with Crippen LogP contribution in [0, 0.1) is 0 Å². The predicted molar refractivity (Wildman–Crippen MR) is 62.4 cm³/mol. The number of amides is 1. The average molecular weight is 282 g/mol. The molecule has 19 heavy (non-hydrogen) atoms. The summed E-state index contributed by atoms with van der Waals surface area (Å²) in [6.07, 6.45) is -4.22. The molecule has 110 valence electrons. The maximum absolute atomic E-state index is 11.8. The molecule has 0 aliphatic carbocycles. The molecule has 0 atom stereocenters. The van der Waals surface area contributed by atoms with Crippen LogP contribution in [0.25, 0.3) is 0 Å². The second-order valence-corrected chi connectivity index (χ2v) is 4.58. The van der Waals surface area contributed by atoms with Gasteiger partial charge in [0.1, 0.15) is 5.60 Å². The van der Waals surface area contributed by atoms with E-state index in [1.807, 2.05) is 0 Å². The highest BCUT2D eigenvalue weighted by molar-refractivity contribution is 5.94. The zero-order chi connectivity index (χ0) is 15.1. The molecule has 0 aliphatic heterocycles. The van der Waals surface area contributed by atoms with Crippen molar-refractivity contribution in [2.75, 3.05) is 13.1 Å². The number of hydrogen-bond donors (Lipinski definition) is 2. The minimum absolute atomic E-state index is 0.152. The molecule has 0 radical (unpaired) electrons. The molecule has 0 fully saturated rings. The Balaban J connectivity index is 3.75. The van der Waals surface area contributed by atoms with Gasteiger partial charge >= 0.3 is 12.3 Å². The number of allylic oxidation sites excluding steroid dienone is 1. The van der Waals surface area contributed by atoms with Gasteiger partial charge in [0.25, 0.3) is 5.78 Å². The lowest BCUT2D eigenvalue weighted by atomic mass is 10.2. The lowest BCUT2D eigenvalue weighted by Crippen LogP contribution is -2.35. The molecule has 0 heterocycles. The minimum atomic E-state index is -4.87. The van der Waals surface area contributed by atoms with Gasteiger partial charge in [0, 0.05) is 25.4 Å². The molecule has 0 saturated carbocycles. The van der Waals surface area contributed by atoms with Crippen LogP contribution < -0.4 is 10.6 Å². The molecule has 0 aromatic rings. The Bertz CT molecular complexity index is 346. The Kier molecular flexibility index (Phi) is 6.37. The summed E-state index contributed by atoms with van der Waals surface area (Å²) in [5, 5.41) is 4.83. The lowest BCUT2D eigenvalue weighted by molar-refractivity contribution is -0.165. The van der Waals surface area contributed by atoms with Gasteiger partial charge in [0.15, 0.2) is 0 Å². The molecular weight excluding hydrogens is 265 g/mol. The molecule has 0 aromatic heterocycles. The van der Waals surface area contributed by atoms with Gasteiger partial charge < -0.3 is 15.4 Å². The van der Waals surface area contributed by atoms with Crippen molar-refractivity contribution in [3.05, 3.63) is 12.3 Å². The number of alkyl carbamates (subject to hydrolysis) is 1. The summed E-state index contributed by atoms with van der Waals surface area (Å²) in [4.78, 5) is 21.6. The predicted octanol–water partition coefficient (Wildman–Crippen LogP) is 1.75. The van der Waals surface area contributed by atoms with E-state index in [9.17, 15) is 22.8 Å². The molecule has 0 rings (SSSR count). The van der Waals surface area contributed by atoms with E-state index in [0.29, 0.717) is 6.08 Å². The highest BCUT2D eigenvalue weighted by Crippen LogP contribution is 2.15. The van der Waals surface area contributed by atoms with Crippen molar-refractivity contribution in [3.8, 4) is 0 Å². The van der Waals surface area contributed by atoms with Crippen molar-refractivity contribution in [1.82, 2.24) is 10.6 Å². The Morgan fingerprint density at radius 3 is 2.21 bits per heavy atom. The van der Waals surface area contributed by atoms with Crippen molar-refractivity contribution in [1.29, 1.82) is 0 Å². The largest absolute Gasteiger partial charge is 0.454 e. The second-order valence-electron chi connectivity index (χ2n) is 4.58. The summed E-state index contributed by atoms with van der Waals surface area (Å²) in [6.45, 7) is 5.43. The van der Waals surface area contributed by atoms with E-state index in [-0.39, 0.29) is 13.1 Å². The van der Waals surface area contributed by atoms with Crippen LogP contribution in [-0.2, 0) is 9.53 Å². The highest BCUT2D eigenvalue weighted by atomic mass is 19.4. The molecule has 2 N–H and O–H groups in total. The second kappa shape index (κ2) is 7.01. The molecule has 0 aromatic carbocycles. The molecule has 5 nitrogen and oxygen atoms in total. The Hall–Kier alpha value is -1.73. The summed E-state index contributed by atoms with van der Waals surface area (Å²) >= 11 is 0. The van der Waals surface area contributed by atoms with Crippen LogP contribution in [-0.4, -0.2) is 36.7 Å². The van der Waals surface area contributed by atoms with Crippen LogP contribution in [0.3, 0.4) is 0 Å². The molecule has 0 bridgehead atoms. The standard InChI is InChI=1S/C11H17F3N2O3/c1-10(2,3)19-9(18)16-7-6-15-5-4-8(17)11(12,13)14/h4-5,15H,6-7H2,1-3H3,(H,16,18). The monoisotopic (exact) mass is 282 g/mol. The summed E-state index contributed by atoms with van der Waals surface area (Å²) in [5.41, 5.74) is -0.615. The number of rotatable bonds is 5. The number of hydrogen-bond acceptors (Lipinski definition) is 4. The van der Waals surface area contributed by atoms with E-state index in [1.165, 1.54) is 0 Å². The molecule has 1 amide bonds. The van der Waals surface area contributed by atoms with E-state index in [0.717, 1.165) is 6.20 Å². The Morgan fingerprint density at radius 1 is 1.16 bits per heavy atom. The first-order chi connectivity index (χ1) is 8.52. The van der Waals surface area contributed by atoms with E-state index in [1.54, 1.807) is 20.8 Å². The van der Waals surface area contributed by atoms with Crippen LogP contribution >= 0.6 is 0 Å². The van der Waals surface area contributed by atoms with Crippen molar-refractivity contribution in [3.63, 3.8) is 0 Å². The maximum Gasteiger partial charge on any atom is 0.454 e. The average Bonchev–Trinajstić information content (AvgIpc) is 2.18. The van der Waals surface area contributed by atoms with Crippen molar-refractivity contribution < 1.29 is 27.5 Å². The molecule has 0 saturated heterocycles. The number of ether oxygens (including phenoxy) is 1. The normalized spacial score (nSPS) is 12.3. The van der Waals surface area contributed by atoms with Crippen LogP contribution in [0.15, 0.2) is 12.3 Å². The van der Waals surface area contributed by atoms with Gasteiger partial charge in [-0.2, -0.15) is 13.2 Å². The van der Waals surface area contributed by atoms with Crippen LogP contribution in [0.1, 0.15) is 20.8 Å². The fourth-order valence-corrected chi connectivity index (χ4v) is 0.863. The van der Waals surface area contributed by atoms with Crippen LogP contribution in [0.5, 0.6) is 0 Å². The maximum atomic E-state index is 11.8. The van der Waals surface area contributed by atoms with Crippen molar-refractivity contribution >= 4 is 11.9 Å². The highest BCUT2D eigenvalue weighted by Gasteiger charge is 2.35. The first-order valence-electron chi connectivity index (χ1n) is 5.50. The molecular formula is C11H17F3N2O3. The van der Waals surface area contributed by atoms with Gasteiger partial charge in [0.05, 0.1) is 0 Å². The number of alkyl halides is 3. The van der Waals surface area contributed by atoms with E-state index >= 15 is 0 Å². The third-order valence-electron chi connectivity index (χ3n) is 1.57. The topological polar surface area (TPSA) is 67.4 Å². The van der Waals surface area contributed by atoms with E-state index in [4.69, 9.17) is 4.74 Å². The smallest absolute Gasteiger partial charge is 0.444 e. The fraction of sp³-hybridized carbons (Fsp3) is 0.636. The van der Waals surface area contributed by atoms with Gasteiger partial charge in [0.2, 0.25) is 0 Å². The molecule has 0 unspecified atom stereocenters. The Labute approximate surface area is 109 Å². The number of halogens is 3. The summed E-state index contributed by atoms with van der Waals surface area (Å²) in [6, 6.07) is 0. The first kappa shape index (κ1) is 17.3. The summed E-state index contributed by atoms with van der Waals surface area (Å²) in [7, 11) is 0. The quantitative estimate of drug-likeness (QED) is 0.595. The number of carbonyl (C=O) groups excluding carboxylic acids is 2. The number of ketones is 1. The van der Waals surface area contributed by atoms with Gasteiger partial charge in [-0.15, -0.1) is 0 Å². The summed E-state index contributed by atoms with van der Waals surface area (Å²) < 4.78 is 40.3. The molecule has 8 heteroatoms. The number of nitrogens with one attached hydrogen (secondary N) is 2. The van der Waals surface area contributed by atoms with Crippen molar-refractivity contribution in [2.24, 2.45) is 0 Å². The third kappa shape index (κ3) is 9.93. The first-order valence-corrected chi connectivity index (χ1v) is 5.50. The lowest BCUT2D eigenvalue weighted by Gasteiger charge is -2.19. The molecule has 0 spiro atoms. The number of carbonyl (C=O) groups is 2. The zero-order valence-corrected chi connectivity index (χ0v) is 10.9. The zero-order valence-electron chi connectivity index (χ0n) is 10.9. The third-order valence-corrected chi connectivity index (χ3v) is 1.57. The van der Waals surface area contributed by atoms with Crippen molar-refractivity contribution in [2.45, 2.75) is 32.5 Å².